The maximum absolute atomic E-state index is 12.2. The number of nitrogens with zero attached hydrogens (tertiary/aromatic N) is 2. The standard InChI is InChI=1S/C15H21ClN2O3/c16-13-2-4-14(5-3-13)21-12-15(20)18-7-1-6-17(8-9-18)10-11-19/h2-5,19H,1,6-12H2. The van der Waals surface area contributed by atoms with Crippen molar-refractivity contribution >= 4 is 17.5 Å². The average molecular weight is 313 g/mol. The van der Waals surface area contributed by atoms with E-state index in [1.807, 2.05) is 4.90 Å². The predicted octanol–water partition coefficient (Wildman–Crippen LogP) is 1.25. The third kappa shape index (κ3) is 5.19. The lowest BCUT2D eigenvalue weighted by molar-refractivity contribution is -0.133. The number of aliphatic hydroxyl groups excluding tert-OH is 1. The van der Waals surface area contributed by atoms with Gasteiger partial charge in [-0.2, -0.15) is 0 Å². The van der Waals surface area contributed by atoms with Crippen molar-refractivity contribution < 1.29 is 14.6 Å². The lowest BCUT2D eigenvalue weighted by atomic mass is 10.3. The van der Waals surface area contributed by atoms with Crippen molar-refractivity contribution in [3.63, 3.8) is 0 Å². The van der Waals surface area contributed by atoms with Gasteiger partial charge in [0, 0.05) is 31.2 Å². The van der Waals surface area contributed by atoms with E-state index in [1.165, 1.54) is 0 Å². The van der Waals surface area contributed by atoms with Crippen LogP contribution >= 0.6 is 11.6 Å². The fourth-order valence-electron chi connectivity index (χ4n) is 2.35. The van der Waals surface area contributed by atoms with Gasteiger partial charge in [-0.3, -0.25) is 9.69 Å². The molecule has 5 nitrogen and oxygen atoms in total. The van der Waals surface area contributed by atoms with E-state index in [2.05, 4.69) is 4.90 Å². The van der Waals surface area contributed by atoms with Gasteiger partial charge in [0.05, 0.1) is 6.61 Å². The molecule has 1 N–H and O–H groups in total. The number of carbonyl (C=O) groups excluding carboxylic acids is 1. The molecule has 0 unspecified atom stereocenters. The van der Waals surface area contributed by atoms with Gasteiger partial charge < -0.3 is 14.7 Å². The van der Waals surface area contributed by atoms with Crippen molar-refractivity contribution in [3.8, 4) is 5.75 Å². The number of hydrogen-bond acceptors (Lipinski definition) is 4. The lowest BCUT2D eigenvalue weighted by Crippen LogP contribution is -2.38. The molecule has 0 bridgehead atoms. The van der Waals surface area contributed by atoms with Gasteiger partial charge in [0.1, 0.15) is 5.75 Å². The highest BCUT2D eigenvalue weighted by Gasteiger charge is 2.19. The van der Waals surface area contributed by atoms with E-state index >= 15 is 0 Å². The maximum atomic E-state index is 12.2. The first kappa shape index (κ1) is 16.1. The Morgan fingerprint density at radius 3 is 2.67 bits per heavy atom. The third-order valence-electron chi connectivity index (χ3n) is 3.53. The van der Waals surface area contributed by atoms with Crippen molar-refractivity contribution in [2.45, 2.75) is 6.42 Å². The van der Waals surface area contributed by atoms with Crippen molar-refractivity contribution in [1.82, 2.24) is 9.80 Å². The zero-order valence-corrected chi connectivity index (χ0v) is 12.8. The number of carbonyl (C=O) groups is 1. The molecule has 1 aromatic rings. The van der Waals surface area contributed by atoms with Gasteiger partial charge in [-0.1, -0.05) is 11.6 Å². The van der Waals surface area contributed by atoms with Crippen LogP contribution in [0.4, 0.5) is 0 Å². The SMILES string of the molecule is O=C(COc1ccc(Cl)cc1)N1CCCN(CCO)CC1. The van der Waals surface area contributed by atoms with E-state index in [0.29, 0.717) is 23.9 Å². The van der Waals surface area contributed by atoms with E-state index in [4.69, 9.17) is 21.4 Å². The number of amides is 1. The molecule has 21 heavy (non-hydrogen) atoms. The second-order valence-corrected chi connectivity index (χ2v) is 5.48. The average Bonchev–Trinajstić information content (AvgIpc) is 2.72. The first-order valence-electron chi connectivity index (χ1n) is 7.18. The molecule has 2 rings (SSSR count). The first-order valence-corrected chi connectivity index (χ1v) is 7.56. The van der Waals surface area contributed by atoms with Crippen LogP contribution in [0.25, 0.3) is 0 Å². The van der Waals surface area contributed by atoms with Crippen LogP contribution in [0.2, 0.25) is 5.02 Å². The van der Waals surface area contributed by atoms with Crippen molar-refractivity contribution in [2.24, 2.45) is 0 Å². The number of hydrogen-bond donors (Lipinski definition) is 1. The molecule has 0 radical (unpaired) electrons. The van der Waals surface area contributed by atoms with Crippen molar-refractivity contribution in [2.75, 3.05) is 45.9 Å². The van der Waals surface area contributed by atoms with Crippen LogP contribution in [0.3, 0.4) is 0 Å². The number of ether oxygens (including phenoxy) is 1. The van der Waals surface area contributed by atoms with E-state index < -0.39 is 0 Å². The third-order valence-corrected chi connectivity index (χ3v) is 3.79. The van der Waals surface area contributed by atoms with Gasteiger partial charge in [-0.15, -0.1) is 0 Å². The second-order valence-electron chi connectivity index (χ2n) is 5.04. The molecule has 1 saturated heterocycles. The molecule has 1 aromatic carbocycles. The molecule has 0 aromatic heterocycles. The van der Waals surface area contributed by atoms with Gasteiger partial charge in [-0.05, 0) is 37.2 Å². The summed E-state index contributed by atoms with van der Waals surface area (Å²) in [6.07, 6.45) is 0.923. The molecule has 0 atom stereocenters. The Labute approximate surface area is 130 Å². The minimum atomic E-state index is -0.00389. The highest BCUT2D eigenvalue weighted by Crippen LogP contribution is 2.15. The Kier molecular flexibility index (Phi) is 6.29. The second kappa shape index (κ2) is 8.22. The molecule has 116 valence electrons. The topological polar surface area (TPSA) is 53.0 Å². The van der Waals surface area contributed by atoms with Crippen LogP contribution in [0.15, 0.2) is 24.3 Å². The summed E-state index contributed by atoms with van der Waals surface area (Å²) < 4.78 is 5.49. The van der Waals surface area contributed by atoms with Crippen LogP contribution in [-0.4, -0.2) is 66.8 Å². The quantitative estimate of drug-likeness (QED) is 0.889. The monoisotopic (exact) mass is 312 g/mol. The van der Waals surface area contributed by atoms with Crippen LogP contribution in [-0.2, 0) is 4.79 Å². The maximum Gasteiger partial charge on any atom is 0.260 e. The van der Waals surface area contributed by atoms with Gasteiger partial charge in [0.25, 0.3) is 5.91 Å². The van der Waals surface area contributed by atoms with Gasteiger partial charge in [0.15, 0.2) is 6.61 Å². The Balaban J connectivity index is 1.79. The molecule has 1 amide bonds. The van der Waals surface area contributed by atoms with Crippen LogP contribution in [0, 0.1) is 0 Å². The van der Waals surface area contributed by atoms with Gasteiger partial charge >= 0.3 is 0 Å². The first-order chi connectivity index (χ1) is 10.2. The molecule has 1 aliphatic heterocycles. The molecular weight excluding hydrogens is 292 g/mol. The van der Waals surface area contributed by atoms with E-state index in [0.717, 1.165) is 26.1 Å². The highest BCUT2D eigenvalue weighted by molar-refractivity contribution is 6.30. The summed E-state index contributed by atoms with van der Waals surface area (Å²) in [5.41, 5.74) is 0. The molecule has 1 aliphatic rings. The van der Waals surface area contributed by atoms with Crippen molar-refractivity contribution in [3.05, 3.63) is 29.3 Å². The summed E-state index contributed by atoms with van der Waals surface area (Å²) in [5, 5.41) is 9.61. The van der Waals surface area contributed by atoms with Crippen LogP contribution in [0.1, 0.15) is 6.42 Å². The van der Waals surface area contributed by atoms with E-state index in [1.54, 1.807) is 24.3 Å². The molecule has 1 fully saturated rings. The minimum Gasteiger partial charge on any atom is -0.484 e. The number of β-amino-alcohol motifs (C(OH)–C–C–N with tert-alkyl or cyclic N) is 1. The normalized spacial score (nSPS) is 16.6. The number of benzene rings is 1. The largest absolute Gasteiger partial charge is 0.484 e. The fourth-order valence-corrected chi connectivity index (χ4v) is 2.48. The summed E-state index contributed by atoms with van der Waals surface area (Å²) >= 11 is 5.80. The number of rotatable bonds is 5. The zero-order chi connectivity index (χ0) is 15.1. The minimum absolute atomic E-state index is 0.00389. The summed E-state index contributed by atoms with van der Waals surface area (Å²) in [6.45, 7) is 4.02. The Bertz CT molecular complexity index is 453. The van der Waals surface area contributed by atoms with Gasteiger partial charge in [0.2, 0.25) is 0 Å². The highest BCUT2D eigenvalue weighted by atomic mass is 35.5. The Hall–Kier alpha value is -1.30. The molecular formula is C15H21ClN2O3. The predicted molar refractivity (Wildman–Crippen MR) is 81.7 cm³/mol. The van der Waals surface area contributed by atoms with Crippen molar-refractivity contribution in [1.29, 1.82) is 0 Å². The summed E-state index contributed by atoms with van der Waals surface area (Å²) in [4.78, 5) is 16.2. The number of aliphatic hydroxyl groups is 1. The molecule has 0 saturated carbocycles. The number of halogens is 1. The fraction of sp³-hybridized carbons (Fsp3) is 0.533. The van der Waals surface area contributed by atoms with Crippen LogP contribution < -0.4 is 4.74 Å². The molecule has 0 aliphatic carbocycles. The summed E-state index contributed by atoms with van der Waals surface area (Å²) in [7, 11) is 0. The molecule has 1 heterocycles. The van der Waals surface area contributed by atoms with E-state index in [-0.39, 0.29) is 19.1 Å². The van der Waals surface area contributed by atoms with Crippen LogP contribution in [0.5, 0.6) is 5.75 Å². The summed E-state index contributed by atoms with van der Waals surface area (Å²) in [6, 6.07) is 6.97. The Morgan fingerprint density at radius 2 is 1.95 bits per heavy atom. The molecule has 6 heteroatoms. The smallest absolute Gasteiger partial charge is 0.260 e. The summed E-state index contributed by atoms with van der Waals surface area (Å²) in [5.74, 6) is 0.639. The van der Waals surface area contributed by atoms with E-state index in [9.17, 15) is 4.79 Å². The zero-order valence-electron chi connectivity index (χ0n) is 12.0. The Morgan fingerprint density at radius 1 is 1.19 bits per heavy atom. The lowest BCUT2D eigenvalue weighted by Gasteiger charge is -2.21. The van der Waals surface area contributed by atoms with Gasteiger partial charge in [-0.25, -0.2) is 0 Å². The molecule has 0 spiro atoms.